The van der Waals surface area contributed by atoms with Gasteiger partial charge in [-0.1, -0.05) is 12.1 Å². The highest BCUT2D eigenvalue weighted by atomic mass is 19.4. The Bertz CT molecular complexity index is 892. The number of benzene rings is 2. The molecule has 0 bridgehead atoms. The monoisotopic (exact) mass is 420 g/mol. The van der Waals surface area contributed by atoms with Crippen molar-refractivity contribution in [2.45, 2.75) is 59.3 Å². The molecule has 2 rings (SSSR count). The van der Waals surface area contributed by atoms with E-state index >= 15 is 0 Å². The minimum absolute atomic E-state index is 0.0853. The van der Waals surface area contributed by atoms with E-state index in [2.05, 4.69) is 0 Å². The largest absolute Gasteiger partial charge is 0.507 e. The molecule has 0 atom stereocenters. The highest BCUT2D eigenvalue weighted by Crippen LogP contribution is 2.61. The molecular weight excluding hydrogens is 398 g/mol. The van der Waals surface area contributed by atoms with Crippen molar-refractivity contribution in [3.05, 3.63) is 56.6 Å². The molecule has 0 saturated heterocycles. The van der Waals surface area contributed by atoms with E-state index in [0.717, 1.165) is 0 Å². The molecule has 0 fully saturated rings. The van der Waals surface area contributed by atoms with Crippen LogP contribution in [0.5, 0.6) is 11.5 Å². The van der Waals surface area contributed by atoms with Gasteiger partial charge in [0.05, 0.1) is 0 Å². The Morgan fingerprint density at radius 3 is 1.07 bits per heavy atom. The summed E-state index contributed by atoms with van der Waals surface area (Å²) in [6.07, 6.45) is -11.8. The smallest absolute Gasteiger partial charge is 0.411 e. The molecule has 8 heteroatoms. The van der Waals surface area contributed by atoms with Gasteiger partial charge in [0.15, 0.2) is 0 Å². The average Bonchev–Trinajstić information content (AvgIpc) is 2.58. The fraction of sp³-hybridized carbons (Fsp3) is 0.429. The first kappa shape index (κ1) is 22.9. The van der Waals surface area contributed by atoms with E-state index < -0.39 is 40.4 Å². The van der Waals surface area contributed by atoms with Crippen molar-refractivity contribution < 1.29 is 36.6 Å². The lowest BCUT2D eigenvalue weighted by atomic mass is 9.69. The van der Waals surface area contributed by atoms with Gasteiger partial charge < -0.3 is 10.2 Å². The summed E-state index contributed by atoms with van der Waals surface area (Å²) in [6, 6.07) is 1.39. The predicted octanol–water partition coefficient (Wildman–Crippen LogP) is 6.36. The minimum atomic E-state index is -5.90. The number of halogens is 6. The summed E-state index contributed by atoms with van der Waals surface area (Å²) in [4.78, 5) is 0. The molecule has 2 aromatic rings. The molecule has 2 nitrogen and oxygen atoms in total. The van der Waals surface area contributed by atoms with Crippen LogP contribution in [0.15, 0.2) is 12.1 Å². The summed E-state index contributed by atoms with van der Waals surface area (Å²) in [5.74, 6) is -2.20. The van der Waals surface area contributed by atoms with Crippen molar-refractivity contribution in [1.82, 2.24) is 0 Å². The van der Waals surface area contributed by atoms with E-state index in [0.29, 0.717) is 23.3 Å². The number of phenols is 2. The van der Waals surface area contributed by atoms with Crippen molar-refractivity contribution >= 4 is 0 Å². The fourth-order valence-electron chi connectivity index (χ4n) is 3.63. The van der Waals surface area contributed by atoms with Gasteiger partial charge in [0.25, 0.3) is 0 Å². The molecule has 2 N–H and O–H groups in total. The number of aromatic hydroxyl groups is 2. The van der Waals surface area contributed by atoms with Crippen LogP contribution in [0, 0.1) is 41.5 Å². The first-order valence-corrected chi connectivity index (χ1v) is 8.74. The average molecular weight is 420 g/mol. The Morgan fingerprint density at radius 2 is 0.828 bits per heavy atom. The van der Waals surface area contributed by atoms with E-state index in [9.17, 15) is 36.6 Å². The van der Waals surface area contributed by atoms with Gasteiger partial charge in [-0.2, -0.15) is 26.3 Å². The number of hydrogen-bond donors (Lipinski definition) is 2. The molecule has 0 spiro atoms. The quantitative estimate of drug-likeness (QED) is 0.555. The van der Waals surface area contributed by atoms with Crippen molar-refractivity contribution in [1.29, 1.82) is 0 Å². The van der Waals surface area contributed by atoms with Gasteiger partial charge in [0.2, 0.25) is 5.41 Å². The van der Waals surface area contributed by atoms with Crippen molar-refractivity contribution in [3.8, 4) is 11.5 Å². The molecule has 0 radical (unpaired) electrons. The van der Waals surface area contributed by atoms with E-state index in [1.807, 2.05) is 0 Å². The maximum atomic E-state index is 14.4. The molecule has 0 heterocycles. The van der Waals surface area contributed by atoms with Crippen molar-refractivity contribution in [2.24, 2.45) is 0 Å². The molecule has 0 amide bonds. The SMILES string of the molecule is Cc1cc(C(c2cc(C)c(C)c(C)c2O)(C(F)(F)F)C(F)(F)F)c(O)c(C)c1C. The van der Waals surface area contributed by atoms with Gasteiger partial charge in [-0.05, 0) is 74.9 Å². The standard InChI is InChI=1S/C21H22F6O2/c1-9-7-15(17(28)13(5)11(9)3)19(20(22,23)24,21(25,26)27)16-8-10(2)12(4)14(6)18(16)29/h7-8,28-29H,1-6H3. The Hall–Kier alpha value is -2.38. The van der Waals surface area contributed by atoms with Crippen LogP contribution >= 0.6 is 0 Å². The van der Waals surface area contributed by atoms with Crippen LogP contribution in [0.25, 0.3) is 0 Å². The Labute approximate surface area is 164 Å². The lowest BCUT2D eigenvalue weighted by Crippen LogP contribution is -2.55. The molecule has 0 aliphatic heterocycles. The highest BCUT2D eigenvalue weighted by molar-refractivity contribution is 5.62. The van der Waals surface area contributed by atoms with Gasteiger partial charge in [-0.25, -0.2) is 0 Å². The fourth-order valence-corrected chi connectivity index (χ4v) is 3.63. The molecular formula is C21H22F6O2. The molecule has 0 aromatic heterocycles. The van der Waals surface area contributed by atoms with Crippen molar-refractivity contribution in [3.63, 3.8) is 0 Å². The lowest BCUT2D eigenvalue weighted by Gasteiger charge is -2.40. The summed E-state index contributed by atoms with van der Waals surface area (Å²) in [5.41, 5.74) is -6.40. The first-order chi connectivity index (χ1) is 13.0. The third-order valence-corrected chi connectivity index (χ3v) is 5.91. The topological polar surface area (TPSA) is 40.5 Å². The van der Waals surface area contributed by atoms with Gasteiger partial charge in [-0.15, -0.1) is 0 Å². The van der Waals surface area contributed by atoms with E-state index in [4.69, 9.17) is 0 Å². The number of hydrogen-bond acceptors (Lipinski definition) is 2. The summed E-state index contributed by atoms with van der Waals surface area (Å²) in [7, 11) is 0. The Morgan fingerprint density at radius 1 is 0.552 bits per heavy atom. The zero-order valence-electron chi connectivity index (χ0n) is 16.8. The second-order valence-electron chi connectivity index (χ2n) is 7.42. The number of phenolic OH excluding ortho intramolecular Hbond substituents is 2. The molecule has 0 saturated carbocycles. The predicted molar refractivity (Wildman–Crippen MR) is 97.5 cm³/mol. The maximum absolute atomic E-state index is 14.4. The van der Waals surface area contributed by atoms with Crippen LogP contribution in [0.2, 0.25) is 0 Å². The molecule has 160 valence electrons. The lowest BCUT2D eigenvalue weighted by molar-refractivity contribution is -0.289. The Kier molecular flexibility index (Phi) is 5.41. The van der Waals surface area contributed by atoms with Crippen LogP contribution in [0.3, 0.4) is 0 Å². The molecule has 0 unspecified atom stereocenters. The first-order valence-electron chi connectivity index (χ1n) is 8.74. The number of aryl methyl sites for hydroxylation is 2. The number of rotatable bonds is 2. The van der Waals surface area contributed by atoms with E-state index in [-0.39, 0.29) is 22.3 Å². The van der Waals surface area contributed by atoms with Crippen LogP contribution in [-0.4, -0.2) is 22.6 Å². The highest BCUT2D eigenvalue weighted by Gasteiger charge is 2.74. The third kappa shape index (κ3) is 3.13. The normalized spacial score (nSPS) is 13.1. The summed E-state index contributed by atoms with van der Waals surface area (Å²) in [6.45, 7) is 8.24. The summed E-state index contributed by atoms with van der Waals surface area (Å²) >= 11 is 0. The van der Waals surface area contributed by atoms with Crippen LogP contribution in [0.4, 0.5) is 26.3 Å². The van der Waals surface area contributed by atoms with Crippen LogP contribution in [0.1, 0.15) is 44.5 Å². The van der Waals surface area contributed by atoms with Gasteiger partial charge in [0, 0.05) is 11.1 Å². The molecule has 0 aliphatic carbocycles. The minimum Gasteiger partial charge on any atom is -0.507 e. The van der Waals surface area contributed by atoms with Gasteiger partial charge in [-0.3, -0.25) is 0 Å². The molecule has 29 heavy (non-hydrogen) atoms. The van der Waals surface area contributed by atoms with Crippen LogP contribution in [-0.2, 0) is 5.41 Å². The molecule has 2 aromatic carbocycles. The summed E-state index contributed by atoms with van der Waals surface area (Å²) < 4.78 is 86.3. The summed E-state index contributed by atoms with van der Waals surface area (Å²) in [5, 5.41) is 20.9. The maximum Gasteiger partial charge on any atom is 0.411 e. The molecule has 0 aliphatic rings. The third-order valence-electron chi connectivity index (χ3n) is 5.91. The van der Waals surface area contributed by atoms with E-state index in [1.165, 1.54) is 41.5 Å². The second-order valence-corrected chi connectivity index (χ2v) is 7.42. The van der Waals surface area contributed by atoms with Crippen LogP contribution < -0.4 is 0 Å². The van der Waals surface area contributed by atoms with E-state index in [1.54, 1.807) is 0 Å². The Balaban J connectivity index is 3.23. The van der Waals surface area contributed by atoms with Gasteiger partial charge in [0.1, 0.15) is 11.5 Å². The zero-order valence-corrected chi connectivity index (χ0v) is 16.8. The van der Waals surface area contributed by atoms with Gasteiger partial charge >= 0.3 is 12.4 Å². The number of alkyl halides is 6. The van der Waals surface area contributed by atoms with Crippen molar-refractivity contribution in [2.75, 3.05) is 0 Å². The second kappa shape index (κ2) is 6.85. The zero-order chi connectivity index (χ0) is 22.7.